The van der Waals surface area contributed by atoms with E-state index in [1.807, 2.05) is 96.0 Å². The average Bonchev–Trinajstić information content (AvgIpc) is 4.17. The Morgan fingerprint density at radius 3 is 1.21 bits per heavy atom. The molecule has 2 aromatic heterocycles. The molecule has 2 amide bonds. The van der Waals surface area contributed by atoms with E-state index in [4.69, 9.17) is 28.3 Å². The van der Waals surface area contributed by atoms with Gasteiger partial charge < -0.3 is 38.4 Å². The SMILES string of the molecule is CC(C)(C)OC(=O)N1C2CCC(C2)C1c1ncc(-c2ccc(B3OC(C)(C)C(C)(C)O3)cc2)[nH]1.CC(C)C.CC(C)C.CC(C)C.CC1(C)OB(c2ccc(-c3cnc(C4C5CCC(C5)N4C(=O)O)[nH]3)cc2)OC1(C)C. The summed E-state index contributed by atoms with van der Waals surface area (Å²) in [5.41, 5.74) is 3.83. The first-order valence-corrected chi connectivity index (χ1v) is 28.2. The van der Waals surface area contributed by atoms with Crippen molar-refractivity contribution in [3.63, 3.8) is 0 Å². The van der Waals surface area contributed by atoms with E-state index in [1.54, 1.807) is 11.1 Å². The van der Waals surface area contributed by atoms with Crippen molar-refractivity contribution in [2.24, 2.45) is 29.6 Å². The molecule has 16 heteroatoms. The molecule has 6 unspecified atom stereocenters. The zero-order valence-corrected chi connectivity index (χ0v) is 50.0. The van der Waals surface area contributed by atoms with E-state index in [-0.39, 0.29) is 66.9 Å². The maximum Gasteiger partial charge on any atom is 0.494 e. The predicted octanol–water partition coefficient (Wildman–Crippen LogP) is 13.4. The number of nitrogens with zero attached hydrogens (tertiary/aromatic N) is 4. The molecule has 6 fully saturated rings. The topological polar surface area (TPSA) is 164 Å². The lowest BCUT2D eigenvalue weighted by molar-refractivity contribution is 0.00578. The molecule has 14 nitrogen and oxygen atoms in total. The van der Waals surface area contributed by atoms with Gasteiger partial charge in [0, 0.05) is 12.1 Å². The number of imidazole rings is 2. The Morgan fingerprint density at radius 1 is 0.579 bits per heavy atom. The van der Waals surface area contributed by atoms with Gasteiger partial charge in [-0.15, -0.1) is 0 Å². The number of aromatic nitrogens is 4. The van der Waals surface area contributed by atoms with Gasteiger partial charge in [0.2, 0.25) is 0 Å². The number of carboxylic acid groups (broad SMARTS) is 1. The molecular weight excluding hydrogens is 954 g/mol. The van der Waals surface area contributed by atoms with Crippen LogP contribution >= 0.6 is 0 Å². The molecule has 0 spiro atoms. The molecule has 4 aliphatic heterocycles. The Morgan fingerprint density at radius 2 is 0.895 bits per heavy atom. The van der Waals surface area contributed by atoms with E-state index in [0.717, 1.165) is 101 Å². The van der Waals surface area contributed by atoms with Crippen molar-refractivity contribution < 1.29 is 38.0 Å². The van der Waals surface area contributed by atoms with Gasteiger partial charge in [-0.1, -0.05) is 111 Å². The first kappa shape index (κ1) is 60.6. The number of benzene rings is 2. The molecular formula is C60H94B2N6O8. The Hall–Kier alpha value is -4.63. The summed E-state index contributed by atoms with van der Waals surface area (Å²) in [7, 11) is -0.771. The Kier molecular flexibility index (Phi) is 18.9. The predicted molar refractivity (Wildman–Crippen MR) is 307 cm³/mol. The zero-order chi connectivity index (χ0) is 56.5. The molecule has 4 aromatic rings. The second-order valence-corrected chi connectivity index (χ2v) is 26.9. The van der Waals surface area contributed by atoms with Gasteiger partial charge in [0.25, 0.3) is 0 Å². The van der Waals surface area contributed by atoms with Crippen LogP contribution in [-0.2, 0) is 23.4 Å². The molecule has 6 atom stereocenters. The summed E-state index contributed by atoms with van der Waals surface area (Å²) in [6.45, 7) is 41.6. The molecule has 2 aliphatic carbocycles. The summed E-state index contributed by atoms with van der Waals surface area (Å²) in [4.78, 5) is 44.4. The standard InChI is InChI=1S/C26H36BN3O4.C22H28BN3O4.3C4H10/c1-24(2,3)32-23(31)30-19-13-10-17(14-19)21(30)22-28-15-20(29-22)16-8-11-18(12-9-16)27-33-25(4,5)26(6,7)34-27;1-21(2)22(3,4)30-23(29-21)15-8-5-13(6-9-15)17-12-24-19(25-17)18-14-7-10-16(11-14)26(18)20(27)28;3*1-4(2)3/h8-9,11-12,15,17,19,21H,10,13-14H2,1-7H3,(H,28,29);5-6,8-9,12,14,16,18H,7,10-11H2,1-4H3,(H,24,25)(H,27,28);3*4H,1-3H3. The summed E-state index contributed by atoms with van der Waals surface area (Å²) in [6, 6.07) is 16.4. The highest BCUT2D eigenvalue weighted by Gasteiger charge is 2.54. The van der Waals surface area contributed by atoms with E-state index in [2.05, 4.69) is 117 Å². The third-order valence-corrected chi connectivity index (χ3v) is 15.2. The molecule has 6 heterocycles. The van der Waals surface area contributed by atoms with Gasteiger partial charge >= 0.3 is 26.4 Å². The largest absolute Gasteiger partial charge is 0.494 e. The number of nitrogens with one attached hydrogen (secondary N) is 2. The van der Waals surface area contributed by atoms with E-state index < -0.39 is 11.7 Å². The number of hydrogen-bond acceptors (Lipinski definition) is 9. The van der Waals surface area contributed by atoms with Gasteiger partial charge in [-0.25, -0.2) is 19.6 Å². The number of ether oxygens (including phenoxy) is 1. The highest BCUT2D eigenvalue weighted by Crippen LogP contribution is 2.51. The van der Waals surface area contributed by atoms with Crippen LogP contribution in [-0.4, -0.2) is 101 Å². The second-order valence-electron chi connectivity index (χ2n) is 26.9. The van der Waals surface area contributed by atoms with Crippen LogP contribution in [0.5, 0.6) is 0 Å². The minimum absolute atomic E-state index is 0.0635. The number of piperidine rings is 2. The van der Waals surface area contributed by atoms with Crippen molar-refractivity contribution in [2.75, 3.05) is 0 Å². The number of carbonyl (C=O) groups is 2. The average molecular weight is 1050 g/mol. The van der Waals surface area contributed by atoms with Crippen molar-refractivity contribution in [3.05, 3.63) is 72.6 Å². The molecule has 4 saturated heterocycles. The van der Waals surface area contributed by atoms with Crippen molar-refractivity contribution >= 4 is 37.3 Å². The van der Waals surface area contributed by atoms with E-state index in [1.165, 1.54) is 0 Å². The maximum absolute atomic E-state index is 13.0. The number of rotatable bonds is 6. The number of likely N-dealkylation sites (tertiary alicyclic amines) is 2. The Bertz CT molecular complexity index is 2480. The molecule has 10 rings (SSSR count). The summed E-state index contributed by atoms with van der Waals surface area (Å²) in [5, 5.41) is 9.66. The van der Waals surface area contributed by atoms with Gasteiger partial charge in [0.15, 0.2) is 0 Å². The van der Waals surface area contributed by atoms with Crippen molar-refractivity contribution in [1.82, 2.24) is 29.7 Å². The third-order valence-electron chi connectivity index (χ3n) is 15.2. The number of hydrogen-bond donors (Lipinski definition) is 3. The fourth-order valence-electron chi connectivity index (χ4n) is 10.4. The highest BCUT2D eigenvalue weighted by atomic mass is 16.7. The number of H-pyrrole nitrogens is 2. The van der Waals surface area contributed by atoms with Gasteiger partial charge in [0.1, 0.15) is 17.2 Å². The number of amides is 2. The minimum Gasteiger partial charge on any atom is -0.465 e. The third kappa shape index (κ3) is 14.3. The van der Waals surface area contributed by atoms with Gasteiger partial charge in [-0.05, 0) is 166 Å². The highest BCUT2D eigenvalue weighted by molar-refractivity contribution is 6.62. The van der Waals surface area contributed by atoms with Crippen LogP contribution in [0.2, 0.25) is 0 Å². The first-order valence-electron chi connectivity index (χ1n) is 28.2. The van der Waals surface area contributed by atoms with Crippen LogP contribution in [0.3, 0.4) is 0 Å². The molecule has 6 aliphatic rings. The van der Waals surface area contributed by atoms with Gasteiger partial charge in [-0.3, -0.25) is 9.80 Å². The van der Waals surface area contributed by atoms with Gasteiger partial charge in [-0.2, -0.15) is 0 Å². The van der Waals surface area contributed by atoms with Crippen LogP contribution < -0.4 is 10.9 Å². The van der Waals surface area contributed by atoms with Crippen molar-refractivity contribution in [1.29, 1.82) is 0 Å². The number of aromatic amines is 2. The smallest absolute Gasteiger partial charge is 0.465 e. The number of fused-ring (bicyclic) bond motifs is 4. The fourth-order valence-corrected chi connectivity index (χ4v) is 10.4. The molecule has 4 bridgehead atoms. The van der Waals surface area contributed by atoms with E-state index in [9.17, 15) is 14.7 Å². The Labute approximate surface area is 457 Å². The van der Waals surface area contributed by atoms with Crippen LogP contribution in [0.25, 0.3) is 22.5 Å². The molecule has 0 radical (unpaired) electrons. The zero-order valence-electron chi connectivity index (χ0n) is 50.0. The lowest BCUT2D eigenvalue weighted by atomic mass is 9.79. The molecule has 2 aromatic carbocycles. The monoisotopic (exact) mass is 1050 g/mol. The summed E-state index contributed by atoms with van der Waals surface area (Å²) in [6.07, 6.45) is 8.70. The lowest BCUT2D eigenvalue weighted by Gasteiger charge is -2.35. The van der Waals surface area contributed by atoms with E-state index in [0.29, 0.717) is 11.8 Å². The number of carbonyl (C=O) groups excluding carboxylic acids is 1. The lowest BCUT2D eigenvalue weighted by Crippen LogP contribution is -2.43. The maximum atomic E-state index is 13.0. The quantitative estimate of drug-likeness (QED) is 0.158. The summed E-state index contributed by atoms with van der Waals surface area (Å²) in [5.74, 6) is 4.86. The van der Waals surface area contributed by atoms with E-state index >= 15 is 0 Å². The molecule has 2 saturated carbocycles. The fraction of sp³-hybridized carbons (Fsp3) is 0.667. The summed E-state index contributed by atoms with van der Waals surface area (Å²) >= 11 is 0. The van der Waals surface area contributed by atoms with Crippen molar-refractivity contribution in [2.45, 2.75) is 229 Å². The second kappa shape index (κ2) is 23.8. The minimum atomic E-state index is -0.850. The summed E-state index contributed by atoms with van der Waals surface area (Å²) < 4.78 is 30.3. The normalized spacial score (nSPS) is 25.1. The van der Waals surface area contributed by atoms with Gasteiger partial charge in [0.05, 0.1) is 58.3 Å². The van der Waals surface area contributed by atoms with Crippen LogP contribution in [0.15, 0.2) is 60.9 Å². The van der Waals surface area contributed by atoms with Crippen molar-refractivity contribution in [3.8, 4) is 22.5 Å². The first-order chi connectivity index (χ1) is 35.2. The van der Waals surface area contributed by atoms with Crippen LogP contribution in [0, 0.1) is 29.6 Å². The van der Waals surface area contributed by atoms with Crippen LogP contribution in [0.1, 0.15) is 201 Å². The van der Waals surface area contributed by atoms with Crippen LogP contribution in [0.4, 0.5) is 9.59 Å². The molecule has 418 valence electrons. The Balaban J connectivity index is 0.000000205. The molecule has 76 heavy (non-hydrogen) atoms. The molecule has 3 N–H and O–H groups in total.